The molecule has 4 heterocycles. The zero-order valence-corrected chi connectivity index (χ0v) is 23.2. The van der Waals surface area contributed by atoms with E-state index in [1.165, 1.54) is 13.8 Å². The maximum absolute atomic E-state index is 11.2. The highest BCUT2D eigenvalue weighted by atomic mass is 16.8. The molecule has 19 nitrogen and oxygen atoms in total. The van der Waals surface area contributed by atoms with Crippen molar-refractivity contribution in [3.8, 4) is 0 Å². The molecule has 43 heavy (non-hydrogen) atoms. The first-order valence-corrected chi connectivity index (χ1v) is 13.8. The summed E-state index contributed by atoms with van der Waals surface area (Å²) in [6, 6.07) is 0. The molecule has 4 aliphatic rings. The molecule has 0 aliphatic carbocycles. The SMILES string of the molecule is C[C@@H]1OC(O[C@H]2[C@H](O[C@H]3[C@H](O)[C@@H](OC4O[C@@H](C)[C@@H](O)[C@@H](O)[C@@H]4O)C(O)O[C@@H]3CO)O[C@H](CO)[C@H](O)[C@@H]2O)[C@@H](O)[C@H](O)[C@@H]1O. The fourth-order valence-electron chi connectivity index (χ4n) is 5.40. The maximum Gasteiger partial charge on any atom is 0.187 e. The molecule has 4 fully saturated rings. The summed E-state index contributed by atoms with van der Waals surface area (Å²) in [7, 11) is 0. The number of aliphatic hydroxyl groups excluding tert-OH is 12. The van der Waals surface area contributed by atoms with E-state index in [1.54, 1.807) is 0 Å². The Balaban J connectivity index is 1.56. The van der Waals surface area contributed by atoms with Crippen molar-refractivity contribution in [2.75, 3.05) is 13.2 Å². The highest BCUT2D eigenvalue weighted by molar-refractivity contribution is 4.97. The van der Waals surface area contributed by atoms with Gasteiger partial charge in [-0.1, -0.05) is 0 Å². The van der Waals surface area contributed by atoms with Crippen LogP contribution < -0.4 is 0 Å². The molecule has 0 aromatic rings. The van der Waals surface area contributed by atoms with Gasteiger partial charge in [0.25, 0.3) is 0 Å². The third kappa shape index (κ3) is 7.00. The summed E-state index contributed by atoms with van der Waals surface area (Å²) in [6.45, 7) is 1.07. The molecule has 252 valence electrons. The van der Waals surface area contributed by atoms with Crippen molar-refractivity contribution >= 4 is 0 Å². The first kappa shape index (κ1) is 35.1. The lowest BCUT2D eigenvalue weighted by molar-refractivity contribution is -0.396. The zero-order valence-electron chi connectivity index (χ0n) is 23.2. The van der Waals surface area contributed by atoms with E-state index in [1.807, 2.05) is 0 Å². The predicted molar refractivity (Wildman–Crippen MR) is 131 cm³/mol. The molecule has 4 aliphatic heterocycles. The van der Waals surface area contributed by atoms with Crippen LogP contribution in [0.2, 0.25) is 0 Å². The third-order valence-electron chi connectivity index (χ3n) is 8.13. The Morgan fingerprint density at radius 2 is 0.884 bits per heavy atom. The molecule has 20 atom stereocenters. The fraction of sp³-hybridized carbons (Fsp3) is 1.00. The smallest absolute Gasteiger partial charge is 0.187 e. The molecular weight excluding hydrogens is 592 g/mol. The average Bonchev–Trinajstić information content (AvgIpc) is 2.98. The summed E-state index contributed by atoms with van der Waals surface area (Å²) in [6.07, 6.45) is -33.0. The summed E-state index contributed by atoms with van der Waals surface area (Å²) in [5.41, 5.74) is 0. The molecule has 0 radical (unpaired) electrons. The van der Waals surface area contributed by atoms with Crippen LogP contribution in [0.5, 0.6) is 0 Å². The molecular formula is C24H42O19. The van der Waals surface area contributed by atoms with Crippen LogP contribution in [0.3, 0.4) is 0 Å². The molecule has 0 bridgehead atoms. The van der Waals surface area contributed by atoms with Crippen LogP contribution in [-0.2, 0) is 33.2 Å². The number of hydrogen-bond donors (Lipinski definition) is 12. The minimum atomic E-state index is -1.95. The van der Waals surface area contributed by atoms with E-state index in [-0.39, 0.29) is 0 Å². The van der Waals surface area contributed by atoms with E-state index in [2.05, 4.69) is 0 Å². The van der Waals surface area contributed by atoms with Gasteiger partial charge in [0.2, 0.25) is 0 Å². The van der Waals surface area contributed by atoms with Gasteiger partial charge in [0.05, 0.1) is 25.4 Å². The Hall–Kier alpha value is -0.760. The van der Waals surface area contributed by atoms with Gasteiger partial charge >= 0.3 is 0 Å². The number of aliphatic hydroxyl groups is 12. The van der Waals surface area contributed by atoms with Crippen molar-refractivity contribution in [2.24, 2.45) is 0 Å². The van der Waals surface area contributed by atoms with Gasteiger partial charge in [-0.15, -0.1) is 0 Å². The Labute approximate surface area is 244 Å². The van der Waals surface area contributed by atoms with E-state index >= 15 is 0 Å². The second-order valence-electron chi connectivity index (χ2n) is 11.1. The third-order valence-corrected chi connectivity index (χ3v) is 8.13. The quantitative estimate of drug-likeness (QED) is 0.118. The maximum atomic E-state index is 11.2. The molecule has 0 saturated carbocycles. The Morgan fingerprint density at radius 3 is 1.37 bits per heavy atom. The summed E-state index contributed by atoms with van der Waals surface area (Å²) >= 11 is 0. The van der Waals surface area contributed by atoms with Crippen molar-refractivity contribution in [3.05, 3.63) is 0 Å². The van der Waals surface area contributed by atoms with Crippen LogP contribution >= 0.6 is 0 Å². The molecule has 3 unspecified atom stereocenters. The number of hydrogen-bond acceptors (Lipinski definition) is 19. The lowest BCUT2D eigenvalue weighted by Crippen LogP contribution is -2.67. The molecule has 0 amide bonds. The first-order chi connectivity index (χ1) is 20.2. The average molecular weight is 635 g/mol. The lowest BCUT2D eigenvalue weighted by atomic mass is 9.96. The van der Waals surface area contributed by atoms with Crippen molar-refractivity contribution < 1.29 is 94.4 Å². The van der Waals surface area contributed by atoms with E-state index in [0.29, 0.717) is 0 Å². The standard InChI is InChI=1S/C24H42O19/c1-5-9(27)12(30)15(33)22(37-5)42-19-17(35)18(8(4-26)39-21(19)36)41-24-20(14(32)11(29)7(3-25)40-24)43-23-16(34)13(31)10(28)6(2)38-23/h5-36H,3-4H2,1-2H3/t5-,6-,7+,8+,9+,10+,11-,12+,13+,14-,15-,16-,17-,18+,19+,20+,21?,22?,23?,24-/m0/s1. The minimum Gasteiger partial charge on any atom is -0.394 e. The normalized spacial score (nSPS) is 54.8. The second-order valence-corrected chi connectivity index (χ2v) is 11.1. The van der Waals surface area contributed by atoms with Crippen LogP contribution in [0.4, 0.5) is 0 Å². The minimum absolute atomic E-state index is 0.823. The number of ether oxygens (including phenoxy) is 7. The zero-order chi connectivity index (χ0) is 31.9. The van der Waals surface area contributed by atoms with E-state index in [4.69, 9.17) is 33.2 Å². The van der Waals surface area contributed by atoms with Crippen LogP contribution in [0.25, 0.3) is 0 Å². The molecule has 12 N–H and O–H groups in total. The largest absolute Gasteiger partial charge is 0.394 e. The summed E-state index contributed by atoms with van der Waals surface area (Å²) in [5, 5.41) is 123. The summed E-state index contributed by atoms with van der Waals surface area (Å²) in [5.74, 6) is 0. The van der Waals surface area contributed by atoms with Crippen molar-refractivity contribution in [1.82, 2.24) is 0 Å². The van der Waals surface area contributed by atoms with Gasteiger partial charge in [0, 0.05) is 0 Å². The fourth-order valence-corrected chi connectivity index (χ4v) is 5.40. The second kappa shape index (κ2) is 14.3. The van der Waals surface area contributed by atoms with Crippen molar-refractivity contribution in [2.45, 2.75) is 137 Å². The molecule has 19 heteroatoms. The van der Waals surface area contributed by atoms with Gasteiger partial charge < -0.3 is 94.4 Å². The highest BCUT2D eigenvalue weighted by Gasteiger charge is 2.55. The molecule has 0 aromatic carbocycles. The Kier molecular flexibility index (Phi) is 11.7. The Morgan fingerprint density at radius 1 is 0.419 bits per heavy atom. The van der Waals surface area contributed by atoms with Gasteiger partial charge in [0.1, 0.15) is 85.5 Å². The highest BCUT2D eigenvalue weighted by Crippen LogP contribution is 2.34. The topological polar surface area (TPSA) is 307 Å². The van der Waals surface area contributed by atoms with E-state index in [0.717, 1.165) is 0 Å². The van der Waals surface area contributed by atoms with Crippen LogP contribution in [-0.4, -0.2) is 197 Å². The van der Waals surface area contributed by atoms with Crippen LogP contribution in [0, 0.1) is 0 Å². The summed E-state index contributed by atoms with van der Waals surface area (Å²) in [4.78, 5) is 0. The first-order valence-electron chi connectivity index (χ1n) is 13.8. The van der Waals surface area contributed by atoms with Gasteiger partial charge in [-0.25, -0.2) is 0 Å². The lowest BCUT2D eigenvalue weighted by Gasteiger charge is -2.49. The van der Waals surface area contributed by atoms with Gasteiger partial charge in [-0.3, -0.25) is 0 Å². The van der Waals surface area contributed by atoms with Gasteiger partial charge in [0.15, 0.2) is 25.2 Å². The molecule has 4 rings (SSSR count). The molecule has 0 spiro atoms. The Bertz CT molecular complexity index is 886. The molecule has 0 aromatic heterocycles. The van der Waals surface area contributed by atoms with Crippen molar-refractivity contribution in [3.63, 3.8) is 0 Å². The van der Waals surface area contributed by atoms with Crippen molar-refractivity contribution in [1.29, 1.82) is 0 Å². The number of rotatable bonds is 8. The van der Waals surface area contributed by atoms with E-state index in [9.17, 15) is 61.3 Å². The molecule has 4 saturated heterocycles. The van der Waals surface area contributed by atoms with Gasteiger partial charge in [-0.05, 0) is 13.8 Å². The van der Waals surface area contributed by atoms with Crippen LogP contribution in [0.15, 0.2) is 0 Å². The van der Waals surface area contributed by atoms with E-state index < -0.39 is 136 Å². The van der Waals surface area contributed by atoms with Crippen LogP contribution in [0.1, 0.15) is 13.8 Å². The summed E-state index contributed by atoms with van der Waals surface area (Å²) < 4.78 is 38.6. The van der Waals surface area contributed by atoms with Gasteiger partial charge in [-0.2, -0.15) is 0 Å². The monoisotopic (exact) mass is 634 g/mol. The predicted octanol–water partition coefficient (Wildman–Crippen LogP) is -7.69.